The topological polar surface area (TPSA) is 45.3 Å². The molecule has 104 valence electrons. The maximum Gasteiger partial charge on any atom is 0.256 e. The number of amides is 1. The van der Waals surface area contributed by atoms with Gasteiger partial charge in [-0.1, -0.05) is 12.1 Å². The number of hydrogen-bond donors (Lipinski definition) is 1. The molecule has 20 heavy (non-hydrogen) atoms. The molecule has 2 aliphatic rings. The third-order valence-electron chi connectivity index (χ3n) is 4.56. The summed E-state index contributed by atoms with van der Waals surface area (Å²) in [5, 5.41) is 1.09. The Bertz CT molecular complexity index is 649. The third kappa shape index (κ3) is 1.75. The van der Waals surface area contributed by atoms with E-state index in [1.165, 1.54) is 0 Å². The van der Waals surface area contributed by atoms with Crippen molar-refractivity contribution in [2.45, 2.75) is 31.4 Å². The highest BCUT2D eigenvalue weighted by atomic mass is 16.5. The Kier molecular flexibility index (Phi) is 2.77. The minimum absolute atomic E-state index is 0.137. The van der Waals surface area contributed by atoms with Crippen LogP contribution in [0.3, 0.4) is 0 Å². The van der Waals surface area contributed by atoms with Crippen LogP contribution in [0.15, 0.2) is 30.5 Å². The van der Waals surface area contributed by atoms with Crippen molar-refractivity contribution in [3.8, 4) is 0 Å². The first kappa shape index (κ1) is 12.0. The lowest BCUT2D eigenvalue weighted by atomic mass is 10.1. The van der Waals surface area contributed by atoms with E-state index in [4.69, 9.17) is 4.74 Å². The Hall–Kier alpha value is -1.81. The number of ether oxygens (including phenoxy) is 1. The van der Waals surface area contributed by atoms with Crippen molar-refractivity contribution in [2.24, 2.45) is 0 Å². The summed E-state index contributed by atoms with van der Waals surface area (Å²) in [6, 6.07) is 8.17. The van der Waals surface area contributed by atoms with Crippen molar-refractivity contribution in [1.82, 2.24) is 9.88 Å². The van der Waals surface area contributed by atoms with Gasteiger partial charge in [0.15, 0.2) is 0 Å². The molecule has 4 heteroatoms. The van der Waals surface area contributed by atoms with Crippen LogP contribution in [-0.2, 0) is 4.74 Å². The number of rotatable bonds is 1. The minimum Gasteiger partial charge on any atom is -0.374 e. The van der Waals surface area contributed by atoms with Crippen LogP contribution in [0.1, 0.15) is 29.6 Å². The van der Waals surface area contributed by atoms with Gasteiger partial charge in [0, 0.05) is 18.1 Å². The van der Waals surface area contributed by atoms with Gasteiger partial charge in [0.25, 0.3) is 5.91 Å². The normalized spacial score (nSPS) is 25.9. The summed E-state index contributed by atoms with van der Waals surface area (Å²) in [5.41, 5.74) is 1.72. The van der Waals surface area contributed by atoms with Gasteiger partial charge < -0.3 is 14.6 Å². The lowest BCUT2D eigenvalue weighted by Gasteiger charge is -2.37. The number of carbonyl (C=O) groups excluding carboxylic acids is 1. The average molecular weight is 270 g/mol. The molecule has 1 saturated carbocycles. The SMILES string of the molecule is O=C(c1cccc2cc[nH]c12)N1CCOC2CCCC21. The lowest BCUT2D eigenvalue weighted by molar-refractivity contribution is -0.0444. The molecule has 2 atom stereocenters. The standard InChI is InChI=1S/C16H18N2O2/c19-16(12-4-1-3-11-7-8-17-15(11)12)18-9-10-20-14-6-2-5-13(14)18/h1,3-4,7-8,13-14,17H,2,5-6,9-10H2. The average Bonchev–Trinajstić information content (AvgIpc) is 3.13. The first-order valence-electron chi connectivity index (χ1n) is 7.33. The summed E-state index contributed by atoms with van der Waals surface area (Å²) in [7, 11) is 0. The summed E-state index contributed by atoms with van der Waals surface area (Å²) in [4.78, 5) is 18.1. The first-order chi connectivity index (χ1) is 9.84. The highest BCUT2D eigenvalue weighted by Gasteiger charge is 2.38. The Balaban J connectivity index is 1.71. The van der Waals surface area contributed by atoms with E-state index in [1.54, 1.807) is 0 Å². The summed E-state index contributed by atoms with van der Waals surface area (Å²) < 4.78 is 5.79. The molecule has 0 bridgehead atoms. The third-order valence-corrected chi connectivity index (χ3v) is 4.56. The van der Waals surface area contributed by atoms with Gasteiger partial charge in [-0.25, -0.2) is 0 Å². The number of fused-ring (bicyclic) bond motifs is 2. The second kappa shape index (κ2) is 4.63. The van der Waals surface area contributed by atoms with E-state index in [2.05, 4.69) is 4.98 Å². The number of aromatic nitrogens is 1. The van der Waals surface area contributed by atoms with Gasteiger partial charge in [-0.05, 0) is 31.4 Å². The molecule has 1 amide bonds. The summed E-state index contributed by atoms with van der Waals surface area (Å²) in [5.74, 6) is 0.137. The van der Waals surface area contributed by atoms with Gasteiger partial charge in [-0.2, -0.15) is 0 Å². The Morgan fingerprint density at radius 3 is 3.20 bits per heavy atom. The molecule has 1 aliphatic heterocycles. The number of nitrogens with zero attached hydrogens (tertiary/aromatic N) is 1. The largest absolute Gasteiger partial charge is 0.374 e. The number of H-pyrrole nitrogens is 1. The molecule has 0 spiro atoms. The van der Waals surface area contributed by atoms with E-state index in [1.807, 2.05) is 35.4 Å². The number of para-hydroxylation sites is 1. The smallest absolute Gasteiger partial charge is 0.256 e. The predicted molar refractivity (Wildman–Crippen MR) is 76.7 cm³/mol. The summed E-state index contributed by atoms with van der Waals surface area (Å²) in [6.07, 6.45) is 5.44. The molecule has 1 N–H and O–H groups in total. The maximum absolute atomic E-state index is 12.9. The van der Waals surface area contributed by atoms with Gasteiger partial charge in [0.2, 0.25) is 0 Å². The molecule has 4 nitrogen and oxygen atoms in total. The van der Waals surface area contributed by atoms with Crippen LogP contribution in [0.25, 0.3) is 10.9 Å². The maximum atomic E-state index is 12.9. The number of benzene rings is 1. The second-order valence-corrected chi connectivity index (χ2v) is 5.65. The van der Waals surface area contributed by atoms with E-state index in [9.17, 15) is 4.79 Å². The zero-order valence-electron chi connectivity index (χ0n) is 11.3. The van der Waals surface area contributed by atoms with Crippen LogP contribution in [0.5, 0.6) is 0 Å². The van der Waals surface area contributed by atoms with Crippen LogP contribution in [0.4, 0.5) is 0 Å². The molecule has 2 heterocycles. The molecule has 2 fully saturated rings. The molecule has 2 unspecified atom stereocenters. The zero-order valence-corrected chi connectivity index (χ0v) is 11.3. The van der Waals surface area contributed by atoms with Crippen molar-refractivity contribution in [3.63, 3.8) is 0 Å². The van der Waals surface area contributed by atoms with Crippen molar-refractivity contribution in [1.29, 1.82) is 0 Å². The van der Waals surface area contributed by atoms with Gasteiger partial charge >= 0.3 is 0 Å². The van der Waals surface area contributed by atoms with E-state index in [0.717, 1.165) is 35.7 Å². The fourth-order valence-corrected chi connectivity index (χ4v) is 3.60. The van der Waals surface area contributed by atoms with Gasteiger partial charge in [0.05, 0.1) is 29.8 Å². The molecule has 0 radical (unpaired) electrons. The molecule has 1 aromatic carbocycles. The number of carbonyl (C=O) groups is 1. The Labute approximate surface area is 117 Å². The van der Waals surface area contributed by atoms with Crippen molar-refractivity contribution >= 4 is 16.8 Å². The highest BCUT2D eigenvalue weighted by molar-refractivity contribution is 6.05. The van der Waals surface area contributed by atoms with Crippen LogP contribution in [0, 0.1) is 0 Å². The fourth-order valence-electron chi connectivity index (χ4n) is 3.60. The number of morpholine rings is 1. The van der Waals surface area contributed by atoms with Gasteiger partial charge in [-0.3, -0.25) is 4.79 Å². The van der Waals surface area contributed by atoms with Gasteiger partial charge in [0.1, 0.15) is 0 Å². The Morgan fingerprint density at radius 1 is 1.30 bits per heavy atom. The van der Waals surface area contributed by atoms with E-state index in [-0.39, 0.29) is 18.1 Å². The van der Waals surface area contributed by atoms with E-state index in [0.29, 0.717) is 13.2 Å². The lowest BCUT2D eigenvalue weighted by Crippen LogP contribution is -2.51. The van der Waals surface area contributed by atoms with Crippen LogP contribution in [0.2, 0.25) is 0 Å². The van der Waals surface area contributed by atoms with Gasteiger partial charge in [-0.15, -0.1) is 0 Å². The van der Waals surface area contributed by atoms with E-state index < -0.39 is 0 Å². The molecule has 1 aliphatic carbocycles. The van der Waals surface area contributed by atoms with Crippen LogP contribution >= 0.6 is 0 Å². The molecule has 1 saturated heterocycles. The van der Waals surface area contributed by atoms with E-state index >= 15 is 0 Å². The molecular weight excluding hydrogens is 252 g/mol. The Morgan fingerprint density at radius 2 is 2.25 bits per heavy atom. The van der Waals surface area contributed by atoms with Crippen LogP contribution < -0.4 is 0 Å². The second-order valence-electron chi connectivity index (χ2n) is 5.65. The highest BCUT2D eigenvalue weighted by Crippen LogP contribution is 2.31. The fraction of sp³-hybridized carbons (Fsp3) is 0.438. The summed E-state index contributed by atoms with van der Waals surface area (Å²) in [6.45, 7) is 1.37. The molecular formula is C16H18N2O2. The molecule has 1 aromatic heterocycles. The molecule has 4 rings (SSSR count). The predicted octanol–water partition coefficient (Wildman–Crippen LogP) is 2.56. The number of aromatic amines is 1. The van der Waals surface area contributed by atoms with Crippen molar-refractivity contribution in [2.75, 3.05) is 13.2 Å². The number of hydrogen-bond acceptors (Lipinski definition) is 2. The number of nitrogens with one attached hydrogen (secondary N) is 1. The zero-order chi connectivity index (χ0) is 13.5. The minimum atomic E-state index is 0.137. The first-order valence-corrected chi connectivity index (χ1v) is 7.33. The monoisotopic (exact) mass is 270 g/mol. The van der Waals surface area contributed by atoms with Crippen LogP contribution in [-0.4, -0.2) is 41.1 Å². The summed E-state index contributed by atoms with van der Waals surface area (Å²) >= 11 is 0. The van der Waals surface area contributed by atoms with Crippen molar-refractivity contribution < 1.29 is 9.53 Å². The van der Waals surface area contributed by atoms with Crippen molar-refractivity contribution in [3.05, 3.63) is 36.0 Å². The molecule has 2 aromatic rings. The quantitative estimate of drug-likeness (QED) is 0.865.